The molecule has 1 aromatic heterocycles. The molecule has 0 saturated heterocycles. The summed E-state index contributed by atoms with van der Waals surface area (Å²) in [6.45, 7) is 7.09. The Bertz CT molecular complexity index is 556. The van der Waals surface area contributed by atoms with Gasteiger partial charge in [0.15, 0.2) is 0 Å². The molecule has 1 heterocycles. The van der Waals surface area contributed by atoms with E-state index in [4.69, 9.17) is 4.42 Å². The molecule has 4 unspecified atom stereocenters. The molecule has 0 spiro atoms. The summed E-state index contributed by atoms with van der Waals surface area (Å²) in [5, 5.41) is 0. The predicted octanol–water partition coefficient (Wildman–Crippen LogP) is 5.19. The third kappa shape index (κ3) is 2.37. The number of rotatable bonds is 4. The summed E-state index contributed by atoms with van der Waals surface area (Å²) in [5.41, 5.74) is 3.17. The van der Waals surface area contributed by atoms with Crippen LogP contribution in [0.25, 0.3) is 0 Å². The van der Waals surface area contributed by atoms with E-state index in [2.05, 4.69) is 26.8 Å². The van der Waals surface area contributed by atoms with E-state index in [0.29, 0.717) is 5.92 Å². The molecule has 2 nitrogen and oxygen atoms in total. The molecule has 120 valence electrons. The van der Waals surface area contributed by atoms with Crippen LogP contribution in [0.15, 0.2) is 34.7 Å². The summed E-state index contributed by atoms with van der Waals surface area (Å²) in [6, 6.07) is 2.05. The van der Waals surface area contributed by atoms with Crippen molar-refractivity contribution in [3.63, 3.8) is 0 Å². The number of carbonyl (C=O) groups is 1. The van der Waals surface area contributed by atoms with Crippen molar-refractivity contribution >= 4 is 6.29 Å². The Hall–Kier alpha value is -1.31. The first-order valence-electron chi connectivity index (χ1n) is 8.64. The quantitative estimate of drug-likeness (QED) is 0.566. The molecule has 0 amide bonds. The van der Waals surface area contributed by atoms with Gasteiger partial charge in [-0.05, 0) is 73.8 Å². The number of allylic oxidation sites excluding steroid dienone is 2. The number of carbonyl (C=O) groups excluding carboxylic acids is 1. The van der Waals surface area contributed by atoms with Gasteiger partial charge in [-0.2, -0.15) is 0 Å². The van der Waals surface area contributed by atoms with Crippen molar-refractivity contribution < 1.29 is 9.21 Å². The lowest BCUT2D eigenvalue weighted by Crippen LogP contribution is -2.51. The van der Waals surface area contributed by atoms with Crippen LogP contribution < -0.4 is 0 Å². The summed E-state index contributed by atoms with van der Waals surface area (Å²) >= 11 is 0. The first-order chi connectivity index (χ1) is 10.5. The molecule has 2 aliphatic carbocycles. The Kier molecular flexibility index (Phi) is 4.05. The number of hydrogen-bond acceptors (Lipinski definition) is 2. The molecule has 2 aliphatic rings. The zero-order chi connectivity index (χ0) is 15.8. The summed E-state index contributed by atoms with van der Waals surface area (Å²) in [5.74, 6) is 0.809. The van der Waals surface area contributed by atoms with Gasteiger partial charge < -0.3 is 9.21 Å². The van der Waals surface area contributed by atoms with E-state index >= 15 is 0 Å². The largest absolute Gasteiger partial charge is 0.472 e. The standard InChI is InChI=1S/C20H28O2/c1-15-5-4-6-18-19(15,2)11-8-17(13-21)20(18,3)10-7-16-9-12-22-14-16/h5,9,12-14,17-18H,4,6-8,10-11H2,1-3H3. The van der Waals surface area contributed by atoms with E-state index < -0.39 is 0 Å². The molecule has 3 rings (SSSR count). The highest BCUT2D eigenvalue weighted by Crippen LogP contribution is 2.61. The zero-order valence-corrected chi connectivity index (χ0v) is 14.1. The molecule has 1 fully saturated rings. The molecule has 2 heteroatoms. The molecule has 1 aromatic rings. The second kappa shape index (κ2) is 5.72. The summed E-state index contributed by atoms with van der Waals surface area (Å²) in [7, 11) is 0. The average Bonchev–Trinajstić information content (AvgIpc) is 3.01. The maximum Gasteiger partial charge on any atom is 0.123 e. The first kappa shape index (κ1) is 15.6. The van der Waals surface area contributed by atoms with Crippen LogP contribution in [0.4, 0.5) is 0 Å². The topological polar surface area (TPSA) is 30.2 Å². The third-order valence-corrected chi connectivity index (χ3v) is 6.89. The summed E-state index contributed by atoms with van der Waals surface area (Å²) in [4.78, 5) is 11.8. The van der Waals surface area contributed by atoms with E-state index in [1.54, 1.807) is 11.8 Å². The molecule has 0 aliphatic heterocycles. The van der Waals surface area contributed by atoms with Crippen LogP contribution in [0.3, 0.4) is 0 Å². The number of aldehydes is 1. The minimum Gasteiger partial charge on any atom is -0.472 e. The van der Waals surface area contributed by atoms with Crippen LogP contribution in [0.2, 0.25) is 0 Å². The second-order valence-corrected chi connectivity index (χ2v) is 7.85. The number of aryl methyl sites for hydroxylation is 1. The molecule has 1 saturated carbocycles. The van der Waals surface area contributed by atoms with Gasteiger partial charge in [-0.3, -0.25) is 0 Å². The van der Waals surface area contributed by atoms with E-state index in [-0.39, 0.29) is 16.7 Å². The summed E-state index contributed by atoms with van der Waals surface area (Å²) in [6.07, 6.45) is 13.9. The van der Waals surface area contributed by atoms with Crippen molar-refractivity contribution in [1.29, 1.82) is 0 Å². The van der Waals surface area contributed by atoms with Gasteiger partial charge in [0.25, 0.3) is 0 Å². The number of hydrogen-bond donors (Lipinski definition) is 0. The van der Waals surface area contributed by atoms with Crippen LogP contribution in [-0.4, -0.2) is 6.29 Å². The maximum atomic E-state index is 11.8. The normalized spacial score (nSPS) is 38.2. The van der Waals surface area contributed by atoms with Crippen LogP contribution >= 0.6 is 0 Å². The van der Waals surface area contributed by atoms with Crippen LogP contribution in [0.5, 0.6) is 0 Å². The Morgan fingerprint density at radius 2 is 2.18 bits per heavy atom. The minimum absolute atomic E-state index is 0.0988. The summed E-state index contributed by atoms with van der Waals surface area (Å²) < 4.78 is 5.21. The van der Waals surface area contributed by atoms with Gasteiger partial charge in [-0.25, -0.2) is 0 Å². The van der Waals surface area contributed by atoms with Crippen molar-refractivity contribution in [1.82, 2.24) is 0 Å². The van der Waals surface area contributed by atoms with Crippen molar-refractivity contribution in [3.05, 3.63) is 35.8 Å². The van der Waals surface area contributed by atoms with Crippen molar-refractivity contribution in [2.24, 2.45) is 22.7 Å². The van der Waals surface area contributed by atoms with E-state index in [1.807, 2.05) is 12.3 Å². The van der Waals surface area contributed by atoms with E-state index in [9.17, 15) is 4.79 Å². The van der Waals surface area contributed by atoms with Crippen molar-refractivity contribution in [2.45, 2.75) is 59.3 Å². The zero-order valence-electron chi connectivity index (χ0n) is 14.1. The monoisotopic (exact) mass is 300 g/mol. The molecule has 0 bridgehead atoms. The Labute approximate surface area is 134 Å². The number of furan rings is 1. The van der Waals surface area contributed by atoms with E-state index in [1.165, 1.54) is 24.7 Å². The Balaban J connectivity index is 1.89. The smallest absolute Gasteiger partial charge is 0.123 e. The highest BCUT2D eigenvalue weighted by molar-refractivity contribution is 5.56. The Morgan fingerprint density at radius 1 is 1.36 bits per heavy atom. The lowest BCUT2D eigenvalue weighted by atomic mass is 9.47. The molecule has 22 heavy (non-hydrogen) atoms. The molecule has 0 aromatic carbocycles. The van der Waals surface area contributed by atoms with Crippen molar-refractivity contribution in [2.75, 3.05) is 0 Å². The highest BCUT2D eigenvalue weighted by Gasteiger charge is 2.54. The SMILES string of the molecule is CC1=CCCC2C1(C)CCC(C=O)C2(C)CCc1ccoc1. The molecule has 4 atom stereocenters. The molecule has 0 N–H and O–H groups in total. The average molecular weight is 300 g/mol. The van der Waals surface area contributed by atoms with Gasteiger partial charge in [0.1, 0.15) is 6.29 Å². The predicted molar refractivity (Wildman–Crippen MR) is 88.5 cm³/mol. The fraction of sp³-hybridized carbons (Fsp3) is 0.650. The lowest BCUT2D eigenvalue weighted by Gasteiger charge is -2.57. The van der Waals surface area contributed by atoms with Gasteiger partial charge in [-0.15, -0.1) is 0 Å². The van der Waals surface area contributed by atoms with Crippen LogP contribution in [-0.2, 0) is 11.2 Å². The highest BCUT2D eigenvalue weighted by atomic mass is 16.3. The second-order valence-electron chi connectivity index (χ2n) is 7.85. The van der Waals surface area contributed by atoms with Crippen molar-refractivity contribution in [3.8, 4) is 0 Å². The first-order valence-corrected chi connectivity index (χ1v) is 8.64. The van der Waals surface area contributed by atoms with E-state index in [0.717, 1.165) is 25.7 Å². The minimum atomic E-state index is 0.0988. The van der Waals surface area contributed by atoms with Crippen LogP contribution in [0, 0.1) is 22.7 Å². The molecular weight excluding hydrogens is 272 g/mol. The Morgan fingerprint density at radius 3 is 2.86 bits per heavy atom. The fourth-order valence-corrected chi connectivity index (χ4v) is 5.20. The molecule has 0 radical (unpaired) electrons. The van der Waals surface area contributed by atoms with Gasteiger partial charge in [0, 0.05) is 5.92 Å². The number of fused-ring (bicyclic) bond motifs is 1. The van der Waals surface area contributed by atoms with Crippen LogP contribution in [0.1, 0.15) is 58.4 Å². The van der Waals surface area contributed by atoms with Gasteiger partial charge in [0.2, 0.25) is 0 Å². The maximum absolute atomic E-state index is 11.8. The van der Waals surface area contributed by atoms with Gasteiger partial charge >= 0.3 is 0 Å². The van der Waals surface area contributed by atoms with Gasteiger partial charge in [0.05, 0.1) is 12.5 Å². The van der Waals surface area contributed by atoms with Gasteiger partial charge in [-0.1, -0.05) is 25.5 Å². The lowest BCUT2D eigenvalue weighted by molar-refractivity contribution is -0.124. The fourth-order valence-electron chi connectivity index (χ4n) is 5.20. The third-order valence-electron chi connectivity index (χ3n) is 6.89. The molecular formula is C20H28O2.